The number of nitrogens with one attached hydrogen (secondary N) is 1. The lowest BCUT2D eigenvalue weighted by molar-refractivity contribution is -0.155. The number of hydrogen-bond donors (Lipinski definition) is 3. The van der Waals surface area contributed by atoms with Crippen LogP contribution in [-0.4, -0.2) is 42.0 Å². The van der Waals surface area contributed by atoms with E-state index in [2.05, 4.69) is 4.72 Å². The maximum Gasteiger partial charge on any atom is 0.336 e. The van der Waals surface area contributed by atoms with Crippen molar-refractivity contribution in [3.8, 4) is 0 Å². The lowest BCUT2D eigenvalue weighted by atomic mass is 10.1. The summed E-state index contributed by atoms with van der Waals surface area (Å²) in [6, 6.07) is 0. The topological polar surface area (TPSA) is 104 Å². The Hall–Kier alpha value is -0.660. The second-order valence-corrected chi connectivity index (χ2v) is 6.40. The molecule has 6 nitrogen and oxygen atoms in total. The van der Waals surface area contributed by atoms with Gasteiger partial charge in [0.1, 0.15) is 0 Å². The van der Waals surface area contributed by atoms with E-state index in [1.807, 2.05) is 0 Å². The fourth-order valence-corrected chi connectivity index (χ4v) is 3.31. The highest BCUT2D eigenvalue weighted by atomic mass is 32.2. The van der Waals surface area contributed by atoms with Crippen molar-refractivity contribution in [1.29, 1.82) is 0 Å². The van der Waals surface area contributed by atoms with Gasteiger partial charge < -0.3 is 10.2 Å². The molecule has 1 rings (SSSR count). The van der Waals surface area contributed by atoms with Gasteiger partial charge in [0.05, 0.1) is 5.25 Å². The van der Waals surface area contributed by atoms with Crippen LogP contribution in [0.15, 0.2) is 0 Å². The predicted molar refractivity (Wildman–Crippen MR) is 57.4 cm³/mol. The summed E-state index contributed by atoms with van der Waals surface area (Å²) >= 11 is 0. The molecule has 1 atom stereocenters. The minimum absolute atomic E-state index is 0.447. The smallest absolute Gasteiger partial charge is 0.336 e. The van der Waals surface area contributed by atoms with Gasteiger partial charge in [0.2, 0.25) is 10.0 Å². The molecule has 1 aliphatic rings. The summed E-state index contributed by atoms with van der Waals surface area (Å²) in [7, 11) is -3.50. The van der Waals surface area contributed by atoms with Crippen LogP contribution in [0.5, 0.6) is 0 Å². The van der Waals surface area contributed by atoms with E-state index >= 15 is 0 Å². The molecule has 1 fully saturated rings. The first-order valence-corrected chi connectivity index (χ1v) is 6.74. The third kappa shape index (κ3) is 3.16. The first-order valence-electron chi connectivity index (χ1n) is 5.20. The number of sulfonamides is 1. The lowest BCUT2D eigenvalue weighted by Crippen LogP contribution is -2.48. The Morgan fingerprint density at radius 2 is 1.94 bits per heavy atom. The minimum Gasteiger partial charge on any atom is -0.479 e. The molecule has 0 amide bonds. The Labute approximate surface area is 94.7 Å². The van der Waals surface area contributed by atoms with Crippen LogP contribution in [0.2, 0.25) is 0 Å². The number of hydrogen-bond acceptors (Lipinski definition) is 4. The fraction of sp³-hybridized carbons (Fsp3) is 0.889. The molecule has 94 valence electrons. The van der Waals surface area contributed by atoms with Gasteiger partial charge in [0, 0.05) is 6.54 Å². The van der Waals surface area contributed by atoms with Gasteiger partial charge in [-0.1, -0.05) is 12.8 Å². The molecule has 0 saturated heterocycles. The highest BCUT2D eigenvalue weighted by molar-refractivity contribution is 7.90. The zero-order chi connectivity index (χ0) is 12.4. The molecule has 1 aliphatic carbocycles. The number of rotatable bonds is 5. The molecular formula is C9H17NO5S. The number of carbonyl (C=O) groups is 1. The van der Waals surface area contributed by atoms with E-state index < -0.39 is 33.4 Å². The standard InChI is InChI=1S/C9H17NO5S/c1-9(13,8(11)12)6-10-16(14,15)7-4-2-3-5-7/h7,10,13H,2-6H2,1H3,(H,11,12). The average molecular weight is 251 g/mol. The van der Waals surface area contributed by atoms with Crippen LogP contribution >= 0.6 is 0 Å². The zero-order valence-electron chi connectivity index (χ0n) is 9.14. The first kappa shape index (κ1) is 13.4. The van der Waals surface area contributed by atoms with Crippen LogP contribution in [0.25, 0.3) is 0 Å². The lowest BCUT2D eigenvalue weighted by Gasteiger charge is -2.20. The van der Waals surface area contributed by atoms with Crippen LogP contribution in [-0.2, 0) is 14.8 Å². The van der Waals surface area contributed by atoms with E-state index in [1.165, 1.54) is 0 Å². The molecule has 0 aliphatic heterocycles. The van der Waals surface area contributed by atoms with E-state index in [1.54, 1.807) is 0 Å². The van der Waals surface area contributed by atoms with Crippen molar-refractivity contribution in [3.63, 3.8) is 0 Å². The normalized spacial score (nSPS) is 21.9. The van der Waals surface area contributed by atoms with Gasteiger partial charge in [-0.05, 0) is 19.8 Å². The van der Waals surface area contributed by atoms with Crippen LogP contribution in [0, 0.1) is 0 Å². The van der Waals surface area contributed by atoms with Crippen LogP contribution in [0.1, 0.15) is 32.6 Å². The summed E-state index contributed by atoms with van der Waals surface area (Å²) < 4.78 is 25.5. The Kier molecular flexibility index (Phi) is 3.92. The van der Waals surface area contributed by atoms with E-state index in [4.69, 9.17) is 5.11 Å². The van der Waals surface area contributed by atoms with Crippen LogP contribution in [0.3, 0.4) is 0 Å². The van der Waals surface area contributed by atoms with Gasteiger partial charge >= 0.3 is 5.97 Å². The Bertz CT molecular complexity index is 356. The van der Waals surface area contributed by atoms with Gasteiger partial charge in [-0.2, -0.15) is 0 Å². The molecule has 0 aromatic carbocycles. The summed E-state index contributed by atoms with van der Waals surface area (Å²) in [5.41, 5.74) is -2.06. The summed E-state index contributed by atoms with van der Waals surface area (Å²) in [6.45, 7) is 0.563. The van der Waals surface area contributed by atoms with E-state index in [0.29, 0.717) is 12.8 Å². The number of carboxylic acid groups (broad SMARTS) is 1. The number of aliphatic carboxylic acids is 1. The van der Waals surface area contributed by atoms with Gasteiger partial charge in [-0.15, -0.1) is 0 Å². The van der Waals surface area contributed by atoms with Crippen molar-refractivity contribution in [2.24, 2.45) is 0 Å². The second-order valence-electron chi connectivity index (χ2n) is 4.35. The molecule has 0 spiro atoms. The van der Waals surface area contributed by atoms with Gasteiger partial charge in [-0.25, -0.2) is 17.9 Å². The van der Waals surface area contributed by atoms with E-state index in [9.17, 15) is 18.3 Å². The molecule has 0 aromatic heterocycles. The van der Waals surface area contributed by atoms with Crippen molar-refractivity contribution in [3.05, 3.63) is 0 Å². The summed E-state index contributed by atoms with van der Waals surface area (Å²) in [4.78, 5) is 10.6. The molecule has 0 aromatic rings. The average Bonchev–Trinajstić information content (AvgIpc) is 2.68. The molecule has 0 radical (unpaired) electrons. The van der Waals surface area contributed by atoms with Crippen molar-refractivity contribution in [1.82, 2.24) is 4.72 Å². The van der Waals surface area contributed by atoms with E-state index in [0.717, 1.165) is 19.8 Å². The maximum atomic E-state index is 11.7. The third-order valence-corrected chi connectivity index (χ3v) is 4.72. The van der Waals surface area contributed by atoms with Crippen molar-refractivity contribution >= 4 is 16.0 Å². The van der Waals surface area contributed by atoms with E-state index in [-0.39, 0.29) is 0 Å². The van der Waals surface area contributed by atoms with Crippen LogP contribution < -0.4 is 4.72 Å². The molecule has 0 bridgehead atoms. The molecule has 1 unspecified atom stereocenters. The second kappa shape index (κ2) is 4.68. The van der Waals surface area contributed by atoms with Gasteiger partial charge in [0.25, 0.3) is 0 Å². The molecule has 0 heterocycles. The monoisotopic (exact) mass is 251 g/mol. The van der Waals surface area contributed by atoms with Crippen molar-refractivity contribution in [2.75, 3.05) is 6.54 Å². The maximum absolute atomic E-state index is 11.7. The fourth-order valence-electron chi connectivity index (χ4n) is 1.63. The third-order valence-electron chi connectivity index (χ3n) is 2.82. The first-order chi connectivity index (χ1) is 7.26. The summed E-state index contributed by atoms with van der Waals surface area (Å²) in [5, 5.41) is 17.5. The minimum atomic E-state index is -3.50. The van der Waals surface area contributed by atoms with Crippen molar-refractivity contribution in [2.45, 2.75) is 43.5 Å². The van der Waals surface area contributed by atoms with Gasteiger partial charge in [-0.3, -0.25) is 0 Å². The molecule has 7 heteroatoms. The molecule has 3 N–H and O–H groups in total. The Morgan fingerprint density at radius 1 is 1.44 bits per heavy atom. The SMILES string of the molecule is CC(O)(CNS(=O)(=O)C1CCCC1)C(=O)O. The number of aliphatic hydroxyl groups is 1. The highest BCUT2D eigenvalue weighted by Gasteiger charge is 2.34. The molecule has 16 heavy (non-hydrogen) atoms. The zero-order valence-corrected chi connectivity index (χ0v) is 9.96. The highest BCUT2D eigenvalue weighted by Crippen LogP contribution is 2.24. The predicted octanol–water partition coefficient (Wildman–Crippen LogP) is -0.316. The summed E-state index contributed by atoms with van der Waals surface area (Å²) in [6.07, 6.45) is 2.96. The van der Waals surface area contributed by atoms with Crippen molar-refractivity contribution < 1.29 is 23.4 Å². The Morgan fingerprint density at radius 3 is 2.38 bits per heavy atom. The molecule has 1 saturated carbocycles. The molecular weight excluding hydrogens is 234 g/mol. The Balaban J connectivity index is 2.57. The van der Waals surface area contributed by atoms with Gasteiger partial charge in [0.15, 0.2) is 5.60 Å². The quantitative estimate of drug-likeness (QED) is 0.621. The summed E-state index contributed by atoms with van der Waals surface area (Å²) in [5.74, 6) is -1.44. The number of carboxylic acids is 1. The largest absolute Gasteiger partial charge is 0.479 e. The van der Waals surface area contributed by atoms with Crippen LogP contribution in [0.4, 0.5) is 0 Å².